The average molecular weight is 262 g/mol. The Bertz CT molecular complexity index is 447. The van der Waals surface area contributed by atoms with Gasteiger partial charge >= 0.3 is 6.09 Å². The summed E-state index contributed by atoms with van der Waals surface area (Å²) in [5.74, 6) is 0.110. The molecule has 5 heteroatoms. The van der Waals surface area contributed by atoms with Gasteiger partial charge in [0.15, 0.2) is 5.78 Å². The summed E-state index contributed by atoms with van der Waals surface area (Å²) in [6, 6.07) is 9.32. The molecule has 1 aromatic rings. The topological polar surface area (TPSA) is 58.6 Å². The van der Waals surface area contributed by atoms with Gasteiger partial charge in [0.2, 0.25) is 0 Å². The second-order valence-electron chi connectivity index (χ2n) is 4.65. The van der Waals surface area contributed by atoms with Gasteiger partial charge in [-0.2, -0.15) is 0 Å². The van der Waals surface area contributed by atoms with Crippen LogP contribution in [-0.4, -0.2) is 49.6 Å². The molecule has 1 N–H and O–H groups in total. The molecule has 1 amide bonds. The molecule has 1 aliphatic heterocycles. The van der Waals surface area contributed by atoms with Crippen LogP contribution in [0, 0.1) is 0 Å². The molecule has 5 nitrogen and oxygen atoms in total. The third-order valence-corrected chi connectivity index (χ3v) is 3.24. The summed E-state index contributed by atoms with van der Waals surface area (Å²) in [5, 5.41) is 2.76. The number of benzene rings is 1. The number of likely N-dealkylation sites (tertiary alicyclic amines) is 1. The highest BCUT2D eigenvalue weighted by molar-refractivity contribution is 5.97. The van der Waals surface area contributed by atoms with Crippen molar-refractivity contribution in [3.8, 4) is 0 Å². The van der Waals surface area contributed by atoms with Crippen LogP contribution in [0.4, 0.5) is 4.79 Å². The number of nitrogens with zero attached hydrogens (tertiary/aromatic N) is 1. The van der Waals surface area contributed by atoms with Crippen LogP contribution in [0.3, 0.4) is 0 Å². The molecular weight excluding hydrogens is 244 g/mol. The van der Waals surface area contributed by atoms with E-state index in [1.54, 1.807) is 0 Å². The van der Waals surface area contributed by atoms with E-state index < -0.39 is 6.09 Å². The number of methoxy groups -OCH3 is 1. The highest BCUT2D eigenvalue weighted by Gasteiger charge is 2.25. The molecule has 1 aromatic carbocycles. The summed E-state index contributed by atoms with van der Waals surface area (Å²) >= 11 is 0. The van der Waals surface area contributed by atoms with Crippen LogP contribution in [0.15, 0.2) is 30.3 Å². The van der Waals surface area contributed by atoms with Gasteiger partial charge in [-0.15, -0.1) is 0 Å². The predicted octanol–water partition coefficient (Wildman–Crippen LogP) is 1.30. The van der Waals surface area contributed by atoms with Crippen LogP contribution in [0.1, 0.15) is 16.8 Å². The first kappa shape index (κ1) is 13.5. The molecular formula is C14H18N2O3. The van der Waals surface area contributed by atoms with E-state index in [-0.39, 0.29) is 11.8 Å². The van der Waals surface area contributed by atoms with E-state index in [1.165, 1.54) is 7.11 Å². The quantitative estimate of drug-likeness (QED) is 0.831. The maximum atomic E-state index is 12.0. The zero-order valence-corrected chi connectivity index (χ0v) is 11.0. The van der Waals surface area contributed by atoms with Crippen molar-refractivity contribution in [2.24, 2.45) is 0 Å². The third-order valence-electron chi connectivity index (χ3n) is 3.24. The number of rotatable bonds is 4. The van der Waals surface area contributed by atoms with Crippen LogP contribution in [0.5, 0.6) is 0 Å². The van der Waals surface area contributed by atoms with Crippen molar-refractivity contribution in [1.29, 1.82) is 0 Å². The lowest BCUT2D eigenvalue weighted by molar-refractivity contribution is 0.0944. The Hall–Kier alpha value is -1.88. The molecule has 1 unspecified atom stereocenters. The Morgan fingerprint density at radius 2 is 2.11 bits per heavy atom. The number of alkyl carbamates (subject to hydrolysis) is 1. The normalized spacial score (nSPS) is 19.1. The molecule has 0 aliphatic carbocycles. The first-order valence-electron chi connectivity index (χ1n) is 6.34. The first-order chi connectivity index (χ1) is 9.19. The Labute approximate surface area is 112 Å². The maximum absolute atomic E-state index is 12.0. The summed E-state index contributed by atoms with van der Waals surface area (Å²) in [4.78, 5) is 25.2. The van der Waals surface area contributed by atoms with Crippen LogP contribution < -0.4 is 5.32 Å². The fourth-order valence-electron chi connectivity index (χ4n) is 2.24. The fourth-order valence-corrected chi connectivity index (χ4v) is 2.24. The fraction of sp³-hybridized carbons (Fsp3) is 0.429. The van der Waals surface area contributed by atoms with Crippen molar-refractivity contribution >= 4 is 11.9 Å². The van der Waals surface area contributed by atoms with Gasteiger partial charge in [0.25, 0.3) is 0 Å². The van der Waals surface area contributed by atoms with Gasteiger partial charge in [-0.3, -0.25) is 9.69 Å². The molecule has 102 valence electrons. The molecule has 0 radical (unpaired) electrons. The van der Waals surface area contributed by atoms with Crippen molar-refractivity contribution in [1.82, 2.24) is 10.2 Å². The number of carbonyl (C=O) groups excluding carboxylic acids is 2. The molecule has 1 heterocycles. The van der Waals surface area contributed by atoms with Crippen molar-refractivity contribution in [2.75, 3.05) is 26.7 Å². The number of ether oxygens (including phenoxy) is 1. The third kappa shape index (κ3) is 3.79. The van der Waals surface area contributed by atoms with E-state index in [1.807, 2.05) is 30.3 Å². The molecule has 1 saturated heterocycles. The highest BCUT2D eigenvalue weighted by atomic mass is 16.5. The van der Waals surface area contributed by atoms with Crippen molar-refractivity contribution in [2.45, 2.75) is 12.5 Å². The lowest BCUT2D eigenvalue weighted by Gasteiger charge is -2.15. The monoisotopic (exact) mass is 262 g/mol. The van der Waals surface area contributed by atoms with Crippen molar-refractivity contribution in [3.63, 3.8) is 0 Å². The molecule has 2 rings (SSSR count). The van der Waals surface area contributed by atoms with Crippen molar-refractivity contribution < 1.29 is 14.3 Å². The standard InChI is InChI=1S/C14H18N2O3/c1-19-14(18)15-12-7-8-16(9-12)10-13(17)11-5-3-2-4-6-11/h2-6,12H,7-10H2,1H3,(H,15,18). The minimum Gasteiger partial charge on any atom is -0.453 e. The lowest BCUT2D eigenvalue weighted by atomic mass is 10.1. The lowest BCUT2D eigenvalue weighted by Crippen LogP contribution is -2.37. The van der Waals surface area contributed by atoms with E-state index in [0.29, 0.717) is 13.1 Å². The van der Waals surface area contributed by atoms with Crippen LogP contribution in [-0.2, 0) is 4.74 Å². The number of hydrogen-bond acceptors (Lipinski definition) is 4. The smallest absolute Gasteiger partial charge is 0.407 e. The maximum Gasteiger partial charge on any atom is 0.407 e. The van der Waals surface area contributed by atoms with Gasteiger partial charge < -0.3 is 10.1 Å². The second kappa shape index (κ2) is 6.33. The van der Waals surface area contributed by atoms with Crippen molar-refractivity contribution in [3.05, 3.63) is 35.9 Å². The SMILES string of the molecule is COC(=O)NC1CCN(CC(=O)c2ccccc2)C1. The van der Waals surface area contributed by atoms with Crippen LogP contribution in [0.2, 0.25) is 0 Å². The molecule has 0 saturated carbocycles. The van der Waals surface area contributed by atoms with E-state index in [9.17, 15) is 9.59 Å². The van der Waals surface area contributed by atoms with Gasteiger partial charge in [-0.05, 0) is 6.42 Å². The van der Waals surface area contributed by atoms with E-state index in [2.05, 4.69) is 15.0 Å². The number of Topliss-reactive ketones (excluding diaryl/α,β-unsaturated/α-hetero) is 1. The number of carbonyl (C=O) groups is 2. The Kier molecular flexibility index (Phi) is 4.52. The van der Waals surface area contributed by atoms with Crippen LogP contribution in [0.25, 0.3) is 0 Å². The van der Waals surface area contributed by atoms with Gasteiger partial charge in [0.05, 0.1) is 13.7 Å². The number of amides is 1. The summed E-state index contributed by atoms with van der Waals surface area (Å²) in [6.45, 7) is 1.89. The highest BCUT2D eigenvalue weighted by Crippen LogP contribution is 2.11. The predicted molar refractivity (Wildman–Crippen MR) is 71.2 cm³/mol. The van der Waals surface area contributed by atoms with Crippen LogP contribution >= 0.6 is 0 Å². The van der Waals surface area contributed by atoms with Gasteiger partial charge in [0, 0.05) is 24.7 Å². The second-order valence-corrected chi connectivity index (χ2v) is 4.65. The number of hydrogen-bond donors (Lipinski definition) is 1. The Morgan fingerprint density at radius 1 is 1.37 bits per heavy atom. The summed E-state index contributed by atoms with van der Waals surface area (Å²) < 4.78 is 4.56. The molecule has 19 heavy (non-hydrogen) atoms. The largest absolute Gasteiger partial charge is 0.453 e. The molecule has 0 spiro atoms. The number of ketones is 1. The average Bonchev–Trinajstić information content (AvgIpc) is 2.86. The van der Waals surface area contributed by atoms with E-state index in [0.717, 1.165) is 18.5 Å². The van der Waals surface area contributed by atoms with E-state index in [4.69, 9.17) is 0 Å². The van der Waals surface area contributed by atoms with Gasteiger partial charge in [-0.25, -0.2) is 4.79 Å². The zero-order chi connectivity index (χ0) is 13.7. The van der Waals surface area contributed by atoms with Gasteiger partial charge in [-0.1, -0.05) is 30.3 Å². The number of nitrogens with one attached hydrogen (secondary N) is 1. The molecule has 1 fully saturated rings. The Morgan fingerprint density at radius 3 is 2.79 bits per heavy atom. The summed E-state index contributed by atoms with van der Waals surface area (Å²) in [7, 11) is 1.35. The Balaban J connectivity index is 1.82. The zero-order valence-electron chi connectivity index (χ0n) is 11.0. The van der Waals surface area contributed by atoms with E-state index >= 15 is 0 Å². The molecule has 0 aromatic heterocycles. The minimum absolute atomic E-state index is 0.0658. The summed E-state index contributed by atoms with van der Waals surface area (Å²) in [5.41, 5.74) is 0.729. The molecule has 1 atom stereocenters. The summed E-state index contributed by atoms with van der Waals surface area (Å²) in [6.07, 6.45) is 0.429. The minimum atomic E-state index is -0.416. The first-order valence-corrected chi connectivity index (χ1v) is 6.34. The molecule has 1 aliphatic rings. The van der Waals surface area contributed by atoms with Gasteiger partial charge in [0.1, 0.15) is 0 Å². The molecule has 0 bridgehead atoms.